The van der Waals surface area contributed by atoms with Crippen molar-refractivity contribution in [1.82, 2.24) is 16.0 Å². The predicted molar refractivity (Wildman–Crippen MR) is 69.7 cm³/mol. The van der Waals surface area contributed by atoms with Crippen LogP contribution in [0.4, 0.5) is 0 Å². The van der Waals surface area contributed by atoms with E-state index in [1.54, 1.807) is 7.11 Å². The van der Waals surface area contributed by atoms with Crippen molar-refractivity contribution >= 4 is 11.8 Å². The summed E-state index contributed by atoms with van der Waals surface area (Å²) in [7, 11) is 1.56. The molecule has 0 saturated carbocycles. The lowest BCUT2D eigenvalue weighted by Crippen LogP contribution is -2.46. The van der Waals surface area contributed by atoms with E-state index in [1.165, 1.54) is 0 Å². The maximum absolute atomic E-state index is 11.9. The number of rotatable bonds is 8. The molecular weight excluding hydrogens is 250 g/mol. The van der Waals surface area contributed by atoms with E-state index < -0.39 is 0 Å². The van der Waals surface area contributed by atoms with Crippen molar-refractivity contribution in [2.45, 2.75) is 13.0 Å². The van der Waals surface area contributed by atoms with Crippen molar-refractivity contribution < 1.29 is 19.1 Å². The first-order valence-electron chi connectivity index (χ1n) is 6.53. The van der Waals surface area contributed by atoms with Crippen LogP contribution in [0.5, 0.6) is 0 Å². The van der Waals surface area contributed by atoms with Crippen LogP contribution in [0.15, 0.2) is 0 Å². The summed E-state index contributed by atoms with van der Waals surface area (Å²) in [5.74, 6) is -0.596. The van der Waals surface area contributed by atoms with Crippen molar-refractivity contribution in [2.75, 3.05) is 46.6 Å². The number of methoxy groups -OCH3 is 1. The number of carbonyl (C=O) groups excluding carboxylic acids is 2. The zero-order valence-corrected chi connectivity index (χ0v) is 11.5. The number of amides is 2. The molecule has 7 nitrogen and oxygen atoms in total. The van der Waals surface area contributed by atoms with Gasteiger partial charge >= 0.3 is 0 Å². The molecule has 1 rings (SSSR count). The lowest BCUT2D eigenvalue weighted by atomic mass is 10.0. The Morgan fingerprint density at radius 1 is 1.32 bits per heavy atom. The first-order chi connectivity index (χ1) is 9.19. The minimum absolute atomic E-state index is 0.0160. The van der Waals surface area contributed by atoms with Crippen molar-refractivity contribution in [1.29, 1.82) is 0 Å². The van der Waals surface area contributed by atoms with Crippen LogP contribution >= 0.6 is 0 Å². The van der Waals surface area contributed by atoms with E-state index in [4.69, 9.17) is 9.47 Å². The van der Waals surface area contributed by atoms with Gasteiger partial charge in [-0.05, 0) is 6.54 Å². The number of hydrogen-bond donors (Lipinski definition) is 3. The molecule has 1 saturated heterocycles. The van der Waals surface area contributed by atoms with Crippen LogP contribution in [0.3, 0.4) is 0 Å². The fourth-order valence-electron chi connectivity index (χ4n) is 1.93. The summed E-state index contributed by atoms with van der Waals surface area (Å²) in [6.45, 7) is 4.58. The van der Waals surface area contributed by atoms with E-state index in [0.29, 0.717) is 26.4 Å². The van der Waals surface area contributed by atoms with Gasteiger partial charge in [0.1, 0.15) is 0 Å². The van der Waals surface area contributed by atoms with E-state index in [9.17, 15) is 9.59 Å². The molecule has 0 aromatic rings. The molecule has 7 heteroatoms. The normalized spacial score (nSPS) is 22.2. The highest BCUT2D eigenvalue weighted by Gasteiger charge is 2.33. The first kappa shape index (κ1) is 15.9. The van der Waals surface area contributed by atoms with Crippen molar-refractivity contribution in [3.05, 3.63) is 0 Å². The summed E-state index contributed by atoms with van der Waals surface area (Å²) in [4.78, 5) is 23.3. The highest BCUT2D eigenvalue weighted by atomic mass is 16.5. The predicted octanol–water partition coefficient (Wildman–Crippen LogP) is -1.51. The molecular formula is C12H23N3O4. The molecule has 19 heavy (non-hydrogen) atoms. The number of carbonyl (C=O) groups is 2. The van der Waals surface area contributed by atoms with E-state index in [0.717, 1.165) is 6.54 Å². The third-order valence-corrected chi connectivity index (χ3v) is 2.94. The van der Waals surface area contributed by atoms with Crippen molar-refractivity contribution in [3.63, 3.8) is 0 Å². The SMILES string of the molecule is CCNC1COCC1C(=O)NCC(=O)NCCOC. The summed E-state index contributed by atoms with van der Waals surface area (Å²) in [6.07, 6.45) is 0. The van der Waals surface area contributed by atoms with Crippen molar-refractivity contribution in [3.8, 4) is 0 Å². The second-order valence-corrected chi connectivity index (χ2v) is 4.37. The van der Waals surface area contributed by atoms with Gasteiger partial charge in [0.25, 0.3) is 0 Å². The van der Waals surface area contributed by atoms with Crippen LogP contribution in [0.25, 0.3) is 0 Å². The Labute approximate surface area is 113 Å². The monoisotopic (exact) mass is 273 g/mol. The van der Waals surface area contributed by atoms with Gasteiger partial charge in [-0.1, -0.05) is 6.92 Å². The van der Waals surface area contributed by atoms with Gasteiger partial charge in [-0.2, -0.15) is 0 Å². The Morgan fingerprint density at radius 2 is 2.11 bits per heavy atom. The van der Waals surface area contributed by atoms with Gasteiger partial charge in [0.15, 0.2) is 0 Å². The van der Waals surface area contributed by atoms with Gasteiger partial charge in [0, 0.05) is 19.7 Å². The van der Waals surface area contributed by atoms with Gasteiger partial charge in [0.2, 0.25) is 11.8 Å². The molecule has 0 radical (unpaired) electrons. The molecule has 1 aliphatic rings. The molecule has 0 spiro atoms. The summed E-state index contributed by atoms with van der Waals surface area (Å²) < 4.78 is 10.1. The highest BCUT2D eigenvalue weighted by molar-refractivity contribution is 5.86. The summed E-state index contributed by atoms with van der Waals surface area (Å²) in [5, 5.41) is 8.47. The fraction of sp³-hybridized carbons (Fsp3) is 0.833. The standard InChI is InChI=1S/C12H23N3O4/c1-3-13-10-8-19-7-9(10)12(17)15-6-11(16)14-4-5-18-2/h9-10,13H,3-8H2,1-2H3,(H,14,16)(H,15,17). The van der Waals surface area contributed by atoms with Gasteiger partial charge in [-0.3, -0.25) is 9.59 Å². The number of nitrogens with one attached hydrogen (secondary N) is 3. The molecule has 0 bridgehead atoms. The highest BCUT2D eigenvalue weighted by Crippen LogP contribution is 2.13. The zero-order chi connectivity index (χ0) is 14.1. The Kier molecular flexibility index (Phi) is 7.39. The van der Waals surface area contributed by atoms with E-state index in [2.05, 4.69) is 16.0 Å². The lowest BCUT2D eigenvalue weighted by molar-refractivity contribution is -0.129. The molecule has 110 valence electrons. The zero-order valence-electron chi connectivity index (χ0n) is 11.5. The van der Waals surface area contributed by atoms with Crippen LogP contribution < -0.4 is 16.0 Å². The van der Waals surface area contributed by atoms with Crippen LogP contribution in [0.2, 0.25) is 0 Å². The summed E-state index contributed by atoms with van der Waals surface area (Å²) in [6, 6.07) is 0.0292. The second-order valence-electron chi connectivity index (χ2n) is 4.37. The molecule has 0 aromatic carbocycles. The number of ether oxygens (including phenoxy) is 2. The maximum atomic E-state index is 11.9. The van der Waals surface area contributed by atoms with E-state index in [-0.39, 0.29) is 30.3 Å². The average Bonchev–Trinajstić information content (AvgIpc) is 2.85. The van der Waals surface area contributed by atoms with Gasteiger partial charge in [-0.15, -0.1) is 0 Å². The van der Waals surface area contributed by atoms with E-state index in [1.807, 2.05) is 6.92 Å². The van der Waals surface area contributed by atoms with Crippen LogP contribution in [0.1, 0.15) is 6.92 Å². The Hall–Kier alpha value is -1.18. The molecule has 1 heterocycles. The van der Waals surface area contributed by atoms with Crippen molar-refractivity contribution in [2.24, 2.45) is 5.92 Å². The third-order valence-electron chi connectivity index (χ3n) is 2.94. The number of likely N-dealkylation sites (N-methyl/N-ethyl adjacent to an activating group) is 1. The van der Waals surface area contributed by atoms with Crippen LogP contribution in [-0.4, -0.2) is 64.4 Å². The topological polar surface area (TPSA) is 88.7 Å². The van der Waals surface area contributed by atoms with Crippen LogP contribution in [0, 0.1) is 5.92 Å². The Morgan fingerprint density at radius 3 is 2.79 bits per heavy atom. The Bertz CT molecular complexity index is 299. The molecule has 2 amide bonds. The van der Waals surface area contributed by atoms with Gasteiger partial charge in [-0.25, -0.2) is 0 Å². The molecule has 0 aliphatic carbocycles. The Balaban J connectivity index is 2.24. The molecule has 3 N–H and O–H groups in total. The smallest absolute Gasteiger partial charge is 0.239 e. The summed E-state index contributed by atoms with van der Waals surface area (Å²) >= 11 is 0. The number of hydrogen-bond acceptors (Lipinski definition) is 5. The van der Waals surface area contributed by atoms with E-state index >= 15 is 0 Å². The maximum Gasteiger partial charge on any atom is 0.239 e. The molecule has 2 atom stereocenters. The quantitative estimate of drug-likeness (QED) is 0.468. The molecule has 1 aliphatic heterocycles. The molecule has 1 fully saturated rings. The van der Waals surface area contributed by atoms with Gasteiger partial charge < -0.3 is 25.4 Å². The molecule has 0 aromatic heterocycles. The average molecular weight is 273 g/mol. The largest absolute Gasteiger partial charge is 0.383 e. The minimum atomic E-state index is -0.230. The minimum Gasteiger partial charge on any atom is -0.383 e. The first-order valence-corrected chi connectivity index (χ1v) is 6.53. The third kappa shape index (κ3) is 5.54. The molecule has 2 unspecified atom stereocenters. The fourth-order valence-corrected chi connectivity index (χ4v) is 1.93. The summed E-state index contributed by atoms with van der Waals surface area (Å²) in [5.41, 5.74) is 0. The lowest BCUT2D eigenvalue weighted by Gasteiger charge is -2.17. The van der Waals surface area contributed by atoms with Crippen LogP contribution in [-0.2, 0) is 19.1 Å². The van der Waals surface area contributed by atoms with Gasteiger partial charge in [0.05, 0.1) is 32.3 Å². The second kappa shape index (κ2) is 8.84.